The molecular weight excluding hydrogens is 340 g/mol. The molecule has 130 valence electrons. The summed E-state index contributed by atoms with van der Waals surface area (Å²) in [5, 5.41) is 13.1. The fourth-order valence-corrected chi connectivity index (χ4v) is 3.67. The number of amides is 1. The second-order valence-electron chi connectivity index (χ2n) is 6.07. The number of hydrogen-bond acceptors (Lipinski definition) is 4. The number of rotatable bonds is 6. The summed E-state index contributed by atoms with van der Waals surface area (Å²) in [6.45, 7) is 1.67. The van der Waals surface area contributed by atoms with Crippen molar-refractivity contribution in [3.05, 3.63) is 16.6 Å². The van der Waals surface area contributed by atoms with Crippen molar-refractivity contribution >= 4 is 33.4 Å². The quantitative estimate of drug-likeness (QED) is 0.863. The number of nitrogens with zero attached hydrogens (tertiary/aromatic N) is 3. The summed E-state index contributed by atoms with van der Waals surface area (Å²) >= 11 is 1.11. The van der Waals surface area contributed by atoms with Gasteiger partial charge in [0.2, 0.25) is 0 Å². The summed E-state index contributed by atoms with van der Waals surface area (Å²) < 4.78 is 27.4. The third kappa shape index (κ3) is 3.00. The van der Waals surface area contributed by atoms with Gasteiger partial charge in [0.25, 0.3) is 12.3 Å². The minimum absolute atomic E-state index is 0.0391. The summed E-state index contributed by atoms with van der Waals surface area (Å²) in [6.07, 6.45) is -1.03. The first kappa shape index (κ1) is 16.8. The number of thiophene rings is 1. The normalized spacial score (nSPS) is 15.9. The summed E-state index contributed by atoms with van der Waals surface area (Å²) in [4.78, 5) is 26.2. The van der Waals surface area contributed by atoms with Gasteiger partial charge in [-0.1, -0.05) is 6.92 Å². The Morgan fingerprint density at radius 1 is 1.50 bits per heavy atom. The van der Waals surface area contributed by atoms with E-state index in [2.05, 4.69) is 5.10 Å². The molecule has 0 aromatic carbocycles. The summed E-state index contributed by atoms with van der Waals surface area (Å²) in [6, 6.07) is 1.48. The second-order valence-corrected chi connectivity index (χ2v) is 7.10. The Balaban J connectivity index is 1.91. The van der Waals surface area contributed by atoms with E-state index in [-0.39, 0.29) is 29.6 Å². The summed E-state index contributed by atoms with van der Waals surface area (Å²) in [5.74, 6) is -1.94. The van der Waals surface area contributed by atoms with Crippen molar-refractivity contribution in [1.82, 2.24) is 14.7 Å². The summed E-state index contributed by atoms with van der Waals surface area (Å²) in [7, 11) is 1.56. The molecule has 1 saturated carbocycles. The predicted molar refractivity (Wildman–Crippen MR) is 84.4 cm³/mol. The van der Waals surface area contributed by atoms with Crippen LogP contribution in [-0.4, -0.2) is 44.3 Å². The Kier molecular flexibility index (Phi) is 4.29. The maximum Gasteiger partial charge on any atom is 0.308 e. The first-order chi connectivity index (χ1) is 11.3. The lowest BCUT2D eigenvalue weighted by Gasteiger charge is -2.23. The SMILES string of the molecule is CC(CN(C(=O)c1cc2c(C(F)F)nn(C)c2s1)C1CC1)C(=O)O. The molecular formula is C15H17F2N3O3S. The number of aromatic nitrogens is 2. The van der Waals surface area contributed by atoms with Crippen molar-refractivity contribution in [3.8, 4) is 0 Å². The standard InChI is InChI=1S/C15H17F2N3O3S/c1-7(15(22)23)6-20(8-3-4-8)13(21)10-5-9-11(12(16)17)18-19(2)14(9)24-10/h5,7-8,12H,3-4,6H2,1-2H3,(H,22,23). The molecule has 0 aliphatic heterocycles. The fraction of sp³-hybridized carbons (Fsp3) is 0.533. The van der Waals surface area contributed by atoms with E-state index < -0.39 is 18.3 Å². The third-order valence-corrected chi connectivity index (χ3v) is 5.29. The molecule has 24 heavy (non-hydrogen) atoms. The molecule has 6 nitrogen and oxygen atoms in total. The summed E-state index contributed by atoms with van der Waals surface area (Å²) in [5.41, 5.74) is -0.334. The van der Waals surface area contributed by atoms with E-state index >= 15 is 0 Å². The molecule has 0 saturated heterocycles. The minimum Gasteiger partial charge on any atom is -0.481 e. The van der Waals surface area contributed by atoms with Crippen LogP contribution in [0.5, 0.6) is 0 Å². The van der Waals surface area contributed by atoms with Gasteiger partial charge in [0.05, 0.1) is 10.8 Å². The maximum absolute atomic E-state index is 13.0. The van der Waals surface area contributed by atoms with E-state index in [1.807, 2.05) is 0 Å². The molecule has 1 aliphatic rings. The molecule has 1 N–H and O–H groups in total. The largest absolute Gasteiger partial charge is 0.481 e. The molecule has 2 aromatic heterocycles. The Labute approximate surface area is 140 Å². The Morgan fingerprint density at radius 2 is 2.17 bits per heavy atom. The lowest BCUT2D eigenvalue weighted by molar-refractivity contribution is -0.141. The van der Waals surface area contributed by atoms with Crippen LogP contribution < -0.4 is 0 Å². The van der Waals surface area contributed by atoms with Crippen LogP contribution in [0.3, 0.4) is 0 Å². The van der Waals surface area contributed by atoms with Gasteiger partial charge in [-0.2, -0.15) is 5.10 Å². The molecule has 1 unspecified atom stereocenters. The highest BCUT2D eigenvalue weighted by Crippen LogP contribution is 2.35. The van der Waals surface area contributed by atoms with E-state index in [1.165, 1.54) is 10.7 Å². The molecule has 9 heteroatoms. The molecule has 0 spiro atoms. The van der Waals surface area contributed by atoms with E-state index in [0.717, 1.165) is 24.2 Å². The molecule has 1 atom stereocenters. The van der Waals surface area contributed by atoms with Gasteiger partial charge < -0.3 is 10.0 Å². The maximum atomic E-state index is 13.0. The fourth-order valence-electron chi connectivity index (χ4n) is 2.63. The molecule has 1 amide bonds. The van der Waals surface area contributed by atoms with Crippen molar-refractivity contribution in [2.45, 2.75) is 32.2 Å². The van der Waals surface area contributed by atoms with Crippen LogP contribution in [0.2, 0.25) is 0 Å². The number of carbonyl (C=O) groups excluding carboxylic acids is 1. The monoisotopic (exact) mass is 357 g/mol. The minimum atomic E-state index is -2.71. The van der Waals surface area contributed by atoms with Crippen LogP contribution in [0.1, 0.15) is 41.6 Å². The average molecular weight is 357 g/mol. The van der Waals surface area contributed by atoms with Crippen molar-refractivity contribution in [3.63, 3.8) is 0 Å². The van der Waals surface area contributed by atoms with Gasteiger partial charge in [-0.05, 0) is 18.9 Å². The molecule has 3 rings (SSSR count). The Morgan fingerprint density at radius 3 is 2.71 bits per heavy atom. The zero-order valence-electron chi connectivity index (χ0n) is 13.2. The van der Waals surface area contributed by atoms with Crippen LogP contribution in [0, 0.1) is 5.92 Å². The highest BCUT2D eigenvalue weighted by atomic mass is 32.1. The zero-order valence-corrected chi connectivity index (χ0v) is 14.0. The number of carbonyl (C=O) groups is 2. The highest BCUT2D eigenvalue weighted by molar-refractivity contribution is 7.20. The van der Waals surface area contributed by atoms with E-state index in [1.54, 1.807) is 18.9 Å². The van der Waals surface area contributed by atoms with Crippen molar-refractivity contribution < 1.29 is 23.5 Å². The third-order valence-electron chi connectivity index (χ3n) is 4.10. The molecule has 2 heterocycles. The van der Waals surface area contributed by atoms with Crippen LogP contribution in [0.25, 0.3) is 10.2 Å². The second kappa shape index (κ2) is 6.12. The van der Waals surface area contributed by atoms with Gasteiger partial charge in [0.15, 0.2) is 0 Å². The van der Waals surface area contributed by atoms with E-state index in [9.17, 15) is 18.4 Å². The number of fused-ring (bicyclic) bond motifs is 1. The molecule has 1 aliphatic carbocycles. The zero-order chi connectivity index (χ0) is 17.6. The number of halogens is 2. The number of aryl methyl sites for hydroxylation is 1. The Bertz CT molecular complexity index is 797. The van der Waals surface area contributed by atoms with Crippen LogP contribution in [-0.2, 0) is 11.8 Å². The highest BCUT2D eigenvalue weighted by Gasteiger charge is 2.36. The number of hydrogen-bond donors (Lipinski definition) is 1. The molecule has 1 fully saturated rings. The molecule has 0 radical (unpaired) electrons. The first-order valence-electron chi connectivity index (χ1n) is 7.58. The van der Waals surface area contributed by atoms with E-state index in [4.69, 9.17) is 5.11 Å². The number of alkyl halides is 2. The number of carboxylic acids is 1. The first-order valence-corrected chi connectivity index (χ1v) is 8.39. The van der Waals surface area contributed by atoms with Crippen LogP contribution in [0.4, 0.5) is 8.78 Å². The average Bonchev–Trinajstić information content (AvgIpc) is 3.18. The van der Waals surface area contributed by atoms with Gasteiger partial charge in [-0.25, -0.2) is 8.78 Å². The Hall–Kier alpha value is -2.03. The van der Waals surface area contributed by atoms with Gasteiger partial charge >= 0.3 is 5.97 Å². The smallest absolute Gasteiger partial charge is 0.308 e. The van der Waals surface area contributed by atoms with Crippen LogP contribution in [0.15, 0.2) is 6.07 Å². The molecule has 0 bridgehead atoms. The van der Waals surface area contributed by atoms with Gasteiger partial charge in [-0.15, -0.1) is 11.3 Å². The van der Waals surface area contributed by atoms with Gasteiger partial charge in [0.1, 0.15) is 10.5 Å². The van der Waals surface area contributed by atoms with Crippen LogP contribution >= 0.6 is 11.3 Å². The molecule has 2 aromatic rings. The predicted octanol–water partition coefficient (Wildman–Crippen LogP) is 2.90. The lowest BCUT2D eigenvalue weighted by Crippen LogP contribution is -2.38. The van der Waals surface area contributed by atoms with E-state index in [0.29, 0.717) is 9.71 Å². The van der Waals surface area contributed by atoms with Crippen molar-refractivity contribution in [2.24, 2.45) is 13.0 Å². The van der Waals surface area contributed by atoms with Gasteiger partial charge in [-0.3, -0.25) is 14.3 Å². The number of carboxylic acid groups (broad SMARTS) is 1. The lowest BCUT2D eigenvalue weighted by atomic mass is 10.1. The number of aliphatic carboxylic acids is 1. The van der Waals surface area contributed by atoms with Gasteiger partial charge in [0, 0.05) is 25.0 Å². The topological polar surface area (TPSA) is 75.4 Å². The van der Waals surface area contributed by atoms with Crippen molar-refractivity contribution in [1.29, 1.82) is 0 Å². The van der Waals surface area contributed by atoms with Crippen molar-refractivity contribution in [2.75, 3.05) is 6.54 Å².